The minimum absolute atomic E-state index is 0.0868. The molecule has 134 valence electrons. The van der Waals surface area contributed by atoms with Gasteiger partial charge in [-0.05, 0) is 34.0 Å². The van der Waals surface area contributed by atoms with E-state index in [9.17, 15) is 14.0 Å². The quantitative estimate of drug-likeness (QED) is 0.704. The SMILES string of the molecule is CC(C)(C)C1=CC(C(C)(C)C)=S(O[Cl+3]([O-])([O-])[O-])C(C(C)(C)C)=C1. The molecule has 0 amide bonds. The summed E-state index contributed by atoms with van der Waals surface area (Å²) in [7, 11) is -5.69. The summed E-state index contributed by atoms with van der Waals surface area (Å²) in [6.07, 6.45) is 4.00. The lowest BCUT2D eigenvalue weighted by Gasteiger charge is -2.34. The summed E-state index contributed by atoms with van der Waals surface area (Å²) in [4.78, 5) is 1.67. The molecular weight excluding hydrogens is 336 g/mol. The highest BCUT2D eigenvalue weighted by Crippen LogP contribution is 2.49. The Balaban J connectivity index is 3.72. The van der Waals surface area contributed by atoms with Gasteiger partial charge in [-0.2, -0.15) is 14.0 Å². The van der Waals surface area contributed by atoms with Crippen LogP contribution in [0.1, 0.15) is 62.3 Å². The molecule has 4 nitrogen and oxygen atoms in total. The molecule has 1 aliphatic rings. The van der Waals surface area contributed by atoms with Crippen LogP contribution >= 0.6 is 10.8 Å². The van der Waals surface area contributed by atoms with Gasteiger partial charge in [0.15, 0.2) is 0 Å². The van der Waals surface area contributed by atoms with E-state index in [2.05, 4.69) is 20.8 Å². The monoisotopic (exact) mass is 364 g/mol. The van der Waals surface area contributed by atoms with Crippen LogP contribution in [-0.4, -0.2) is 4.86 Å². The third-order valence-corrected chi connectivity index (χ3v) is 6.84. The standard InChI is InChI=1S/C17H29ClO4S/c1-15(2,3)12-10-13(16(4,5)6)23(22-18(19,20)21)14(11-12)17(7,8)9/h10-11H,1-9H3. The van der Waals surface area contributed by atoms with Crippen molar-refractivity contribution >= 4 is 15.6 Å². The van der Waals surface area contributed by atoms with Crippen molar-refractivity contribution in [1.82, 2.24) is 0 Å². The molecule has 0 radical (unpaired) electrons. The Morgan fingerprint density at radius 2 is 1.26 bits per heavy atom. The first-order chi connectivity index (χ1) is 9.93. The molecule has 1 atom stereocenters. The van der Waals surface area contributed by atoms with E-state index in [1.54, 1.807) is 0 Å². The number of hydrogen-bond acceptors (Lipinski definition) is 4. The predicted molar refractivity (Wildman–Crippen MR) is 88.2 cm³/mol. The molecule has 1 unspecified atom stereocenters. The second-order valence-corrected chi connectivity index (χ2v) is 11.6. The molecule has 1 heterocycles. The minimum Gasteiger partial charge on any atom is -0.182 e. The molecule has 6 heteroatoms. The van der Waals surface area contributed by atoms with Gasteiger partial charge in [0.2, 0.25) is 0 Å². The van der Waals surface area contributed by atoms with Gasteiger partial charge in [0, 0.05) is 9.77 Å². The van der Waals surface area contributed by atoms with Crippen LogP contribution in [0.25, 0.3) is 0 Å². The molecule has 0 aromatic carbocycles. The maximum atomic E-state index is 11.3. The van der Waals surface area contributed by atoms with Crippen molar-refractivity contribution in [2.45, 2.75) is 62.3 Å². The van der Waals surface area contributed by atoms with E-state index in [4.69, 9.17) is 3.74 Å². The minimum atomic E-state index is -4.50. The predicted octanol–water partition coefficient (Wildman–Crippen LogP) is 2.22. The summed E-state index contributed by atoms with van der Waals surface area (Å²) in [5, 5.41) is 0. The number of allylic oxidation sites excluding steroid dienone is 4. The average Bonchev–Trinajstić information content (AvgIpc) is 2.21. The van der Waals surface area contributed by atoms with Crippen LogP contribution in [-0.2, 0) is 3.74 Å². The third kappa shape index (κ3) is 5.69. The normalized spacial score (nSPS) is 21.2. The van der Waals surface area contributed by atoms with Gasteiger partial charge in [-0.15, -0.1) is 0 Å². The number of rotatable bonds is 2. The Morgan fingerprint density at radius 3 is 1.57 bits per heavy atom. The van der Waals surface area contributed by atoms with Gasteiger partial charge in [0.05, 0.1) is 10.2 Å². The van der Waals surface area contributed by atoms with Crippen molar-refractivity contribution in [2.24, 2.45) is 16.2 Å². The highest BCUT2D eigenvalue weighted by Gasteiger charge is 2.39. The maximum Gasteiger partial charge on any atom is 0.141 e. The van der Waals surface area contributed by atoms with E-state index >= 15 is 0 Å². The third-order valence-electron chi connectivity index (χ3n) is 3.46. The first-order valence-corrected chi connectivity index (χ1v) is 9.98. The highest BCUT2D eigenvalue weighted by molar-refractivity contribution is 8.15. The molecule has 0 bridgehead atoms. The van der Waals surface area contributed by atoms with Crippen LogP contribution in [0.5, 0.6) is 0 Å². The molecule has 0 fully saturated rings. The molecule has 1 rings (SSSR count). The van der Waals surface area contributed by atoms with Crippen molar-refractivity contribution in [3.63, 3.8) is 0 Å². The zero-order valence-corrected chi connectivity index (χ0v) is 17.1. The van der Waals surface area contributed by atoms with E-state index in [0.29, 0.717) is 0 Å². The molecule has 0 spiro atoms. The fourth-order valence-electron chi connectivity index (χ4n) is 2.12. The molecule has 23 heavy (non-hydrogen) atoms. The summed E-state index contributed by atoms with van der Waals surface area (Å²) in [6.45, 7) is 18.4. The molecule has 1 aliphatic heterocycles. The Bertz CT molecular complexity index is 559. The highest BCUT2D eigenvalue weighted by atomic mass is 35.7. The van der Waals surface area contributed by atoms with E-state index in [1.807, 2.05) is 53.7 Å². The van der Waals surface area contributed by atoms with Crippen LogP contribution in [0.2, 0.25) is 0 Å². The number of hydrogen-bond donors (Lipinski definition) is 0. The number of halogens is 1. The first-order valence-electron chi connectivity index (χ1n) is 7.60. The Kier molecular flexibility index (Phi) is 5.70. The Labute approximate surface area is 145 Å². The van der Waals surface area contributed by atoms with Crippen LogP contribution in [0, 0.1) is 26.5 Å². The zero-order valence-electron chi connectivity index (χ0n) is 15.6. The van der Waals surface area contributed by atoms with Crippen molar-refractivity contribution in [3.8, 4) is 0 Å². The first kappa shape index (κ1) is 20.9. The van der Waals surface area contributed by atoms with Gasteiger partial charge in [-0.25, -0.2) is 0 Å². The van der Waals surface area contributed by atoms with Gasteiger partial charge < -0.3 is 0 Å². The molecule has 0 N–H and O–H groups in total. The molecule has 0 saturated heterocycles. The Morgan fingerprint density at radius 1 is 0.783 bits per heavy atom. The lowest BCUT2D eigenvalue weighted by molar-refractivity contribution is -1.91. The maximum absolute atomic E-state index is 11.3. The van der Waals surface area contributed by atoms with Crippen molar-refractivity contribution < 1.29 is 28.0 Å². The lowest BCUT2D eigenvalue weighted by Crippen LogP contribution is -2.60. The van der Waals surface area contributed by atoms with E-state index in [1.165, 1.54) is 0 Å². The van der Waals surface area contributed by atoms with Crippen LogP contribution < -0.4 is 14.0 Å². The van der Waals surface area contributed by atoms with Crippen LogP contribution in [0.15, 0.2) is 22.6 Å². The van der Waals surface area contributed by atoms with E-state index < -0.39 is 21.0 Å². The van der Waals surface area contributed by atoms with Gasteiger partial charge in [0.25, 0.3) is 0 Å². The lowest BCUT2D eigenvalue weighted by atomic mass is 9.81. The van der Waals surface area contributed by atoms with E-state index in [-0.39, 0.29) is 16.2 Å². The fraction of sp³-hybridized carbons (Fsp3) is 0.706. The van der Waals surface area contributed by atoms with Gasteiger partial charge in [-0.3, -0.25) is 0 Å². The summed E-state index contributed by atoms with van der Waals surface area (Å²) < 4.78 is 38.8. The molecule has 0 saturated carbocycles. The second kappa shape index (κ2) is 6.28. The second-order valence-electron chi connectivity index (χ2n) is 8.93. The molecule has 0 aliphatic carbocycles. The van der Waals surface area contributed by atoms with Gasteiger partial charge >= 0.3 is 0 Å². The summed E-state index contributed by atoms with van der Waals surface area (Å²) in [5.74, 6) is 0. The largest absolute Gasteiger partial charge is 0.182 e. The van der Waals surface area contributed by atoms with Crippen LogP contribution in [0.3, 0.4) is 0 Å². The average molecular weight is 365 g/mol. The molecule has 0 aromatic rings. The van der Waals surface area contributed by atoms with E-state index in [0.717, 1.165) is 15.3 Å². The van der Waals surface area contributed by atoms with Crippen molar-refractivity contribution in [1.29, 1.82) is 0 Å². The van der Waals surface area contributed by atoms with Crippen LogP contribution in [0.4, 0.5) is 0 Å². The smallest absolute Gasteiger partial charge is 0.141 e. The zero-order chi connectivity index (χ0) is 18.4. The summed E-state index contributed by atoms with van der Waals surface area (Å²) in [6, 6.07) is 0. The van der Waals surface area contributed by atoms with Crippen molar-refractivity contribution in [3.05, 3.63) is 22.6 Å². The Hall–Kier alpha value is -0.170. The van der Waals surface area contributed by atoms with Gasteiger partial charge in [-0.1, -0.05) is 62.3 Å². The molecule has 0 aromatic heterocycles. The van der Waals surface area contributed by atoms with Crippen molar-refractivity contribution in [2.75, 3.05) is 0 Å². The summed E-state index contributed by atoms with van der Waals surface area (Å²) in [5.41, 5.74) is 0.394. The molecular formula is C17H29ClO4S. The topological polar surface area (TPSA) is 78.4 Å². The fourth-order valence-corrected chi connectivity index (χ4v) is 5.09. The summed E-state index contributed by atoms with van der Waals surface area (Å²) >= 11 is 0. The van der Waals surface area contributed by atoms with Gasteiger partial charge in [0.1, 0.15) is 14.5 Å².